The summed E-state index contributed by atoms with van der Waals surface area (Å²) in [7, 11) is 0. The average Bonchev–Trinajstić information content (AvgIpc) is 2.63. The Morgan fingerprint density at radius 3 is 2.52 bits per heavy atom. The van der Waals surface area contributed by atoms with Crippen molar-refractivity contribution in [2.24, 2.45) is 0 Å². The molecule has 1 amide bonds. The number of carbonyl (C=O) groups excluding carboxylic acids is 1. The van der Waals surface area contributed by atoms with Crippen LogP contribution in [0.2, 0.25) is 0 Å². The van der Waals surface area contributed by atoms with Crippen molar-refractivity contribution in [1.29, 1.82) is 0 Å². The summed E-state index contributed by atoms with van der Waals surface area (Å²) in [4.78, 5) is 16.3. The van der Waals surface area contributed by atoms with Crippen LogP contribution >= 0.6 is 0 Å². The number of nitrogens with zero attached hydrogens (tertiary/aromatic N) is 2. The van der Waals surface area contributed by atoms with E-state index in [0.717, 1.165) is 22.6 Å². The summed E-state index contributed by atoms with van der Waals surface area (Å²) >= 11 is 0. The maximum atomic E-state index is 12.4. The molecule has 25 heavy (non-hydrogen) atoms. The van der Waals surface area contributed by atoms with Crippen molar-refractivity contribution in [2.45, 2.75) is 13.8 Å². The van der Waals surface area contributed by atoms with Gasteiger partial charge in [0.15, 0.2) is 6.61 Å². The lowest BCUT2D eigenvalue weighted by Crippen LogP contribution is -2.50. The first-order valence-corrected chi connectivity index (χ1v) is 8.55. The van der Waals surface area contributed by atoms with Crippen LogP contribution in [0.15, 0.2) is 42.5 Å². The molecule has 3 rings (SSSR count). The molecule has 1 aliphatic rings. The van der Waals surface area contributed by atoms with E-state index in [1.807, 2.05) is 55.1 Å². The Balaban J connectivity index is 1.53. The highest BCUT2D eigenvalue weighted by atomic mass is 16.5. The van der Waals surface area contributed by atoms with Crippen molar-refractivity contribution in [3.05, 3.63) is 53.6 Å². The molecule has 2 aromatic carbocycles. The van der Waals surface area contributed by atoms with Gasteiger partial charge in [-0.2, -0.15) is 0 Å². The molecule has 0 saturated carbocycles. The monoisotopic (exact) mass is 340 g/mol. The minimum absolute atomic E-state index is 0.00200. The second-order valence-electron chi connectivity index (χ2n) is 6.41. The van der Waals surface area contributed by atoms with E-state index in [1.165, 1.54) is 0 Å². The highest BCUT2D eigenvalue weighted by molar-refractivity contribution is 5.78. The summed E-state index contributed by atoms with van der Waals surface area (Å²) in [5.41, 5.74) is 2.97. The van der Waals surface area contributed by atoms with Gasteiger partial charge in [0.05, 0.1) is 5.69 Å². The van der Waals surface area contributed by atoms with E-state index in [1.54, 1.807) is 6.07 Å². The third-order valence-corrected chi connectivity index (χ3v) is 4.55. The lowest BCUT2D eigenvalue weighted by Gasteiger charge is -2.36. The van der Waals surface area contributed by atoms with E-state index in [0.29, 0.717) is 26.2 Å². The summed E-state index contributed by atoms with van der Waals surface area (Å²) in [5.74, 6) is 1.04. The molecule has 1 N–H and O–H groups in total. The van der Waals surface area contributed by atoms with Gasteiger partial charge in [-0.1, -0.05) is 24.3 Å². The van der Waals surface area contributed by atoms with E-state index < -0.39 is 0 Å². The number of rotatable bonds is 4. The van der Waals surface area contributed by atoms with Gasteiger partial charge in [-0.15, -0.1) is 0 Å². The number of hydrogen-bond acceptors (Lipinski definition) is 4. The normalized spacial score (nSPS) is 14.5. The maximum Gasteiger partial charge on any atom is 0.260 e. The molecule has 1 heterocycles. The fourth-order valence-electron chi connectivity index (χ4n) is 3.02. The standard InChI is InChI=1S/C20H24N2O3/c1-15-7-8-16(2)19(13-15)25-14-20(24)22-11-9-21(10-12-22)17-5-3-4-6-18(17)23/h3-8,13,23H,9-12,14H2,1-2H3. The van der Waals surface area contributed by atoms with Crippen LogP contribution in [0.5, 0.6) is 11.5 Å². The summed E-state index contributed by atoms with van der Waals surface area (Å²) in [6.45, 7) is 6.70. The Hall–Kier alpha value is -2.69. The lowest BCUT2D eigenvalue weighted by atomic mass is 10.1. The van der Waals surface area contributed by atoms with Crippen molar-refractivity contribution < 1.29 is 14.6 Å². The van der Waals surface area contributed by atoms with Crippen LogP contribution in [-0.2, 0) is 4.79 Å². The Kier molecular flexibility index (Phi) is 5.12. The summed E-state index contributed by atoms with van der Waals surface area (Å²) < 4.78 is 5.72. The molecule has 5 heteroatoms. The number of piperazine rings is 1. The van der Waals surface area contributed by atoms with E-state index in [2.05, 4.69) is 4.90 Å². The van der Waals surface area contributed by atoms with E-state index in [4.69, 9.17) is 4.74 Å². The molecular weight excluding hydrogens is 316 g/mol. The van der Waals surface area contributed by atoms with E-state index >= 15 is 0 Å². The zero-order chi connectivity index (χ0) is 17.8. The number of anilines is 1. The van der Waals surface area contributed by atoms with Crippen molar-refractivity contribution in [3.8, 4) is 11.5 Å². The number of benzene rings is 2. The molecule has 5 nitrogen and oxygen atoms in total. The Labute approximate surface area is 148 Å². The molecule has 1 saturated heterocycles. The molecule has 0 radical (unpaired) electrons. The first-order chi connectivity index (χ1) is 12.0. The highest BCUT2D eigenvalue weighted by Crippen LogP contribution is 2.27. The quantitative estimate of drug-likeness (QED) is 0.930. The van der Waals surface area contributed by atoms with Gasteiger partial charge in [0.2, 0.25) is 0 Å². The molecule has 0 bridgehead atoms. The number of aromatic hydroxyl groups is 1. The Morgan fingerprint density at radius 2 is 1.80 bits per heavy atom. The fraction of sp³-hybridized carbons (Fsp3) is 0.350. The summed E-state index contributed by atoms with van der Waals surface area (Å²) in [6, 6.07) is 13.3. The van der Waals surface area contributed by atoms with Gasteiger partial charge in [-0.25, -0.2) is 0 Å². The van der Waals surface area contributed by atoms with Crippen molar-refractivity contribution in [2.75, 3.05) is 37.7 Å². The van der Waals surface area contributed by atoms with Crippen LogP contribution in [0.4, 0.5) is 5.69 Å². The van der Waals surface area contributed by atoms with Crippen LogP contribution < -0.4 is 9.64 Å². The highest BCUT2D eigenvalue weighted by Gasteiger charge is 2.22. The summed E-state index contributed by atoms with van der Waals surface area (Å²) in [6.07, 6.45) is 0. The van der Waals surface area contributed by atoms with Crippen molar-refractivity contribution >= 4 is 11.6 Å². The minimum Gasteiger partial charge on any atom is -0.506 e. The number of hydrogen-bond donors (Lipinski definition) is 1. The third kappa shape index (κ3) is 4.05. The zero-order valence-electron chi connectivity index (χ0n) is 14.7. The predicted octanol–water partition coefficient (Wildman–Crippen LogP) is 2.74. The SMILES string of the molecule is Cc1ccc(C)c(OCC(=O)N2CCN(c3ccccc3O)CC2)c1. The van der Waals surface area contributed by atoms with Gasteiger partial charge in [0, 0.05) is 26.2 Å². The van der Waals surface area contributed by atoms with Crippen molar-refractivity contribution in [3.63, 3.8) is 0 Å². The van der Waals surface area contributed by atoms with E-state index in [9.17, 15) is 9.90 Å². The largest absolute Gasteiger partial charge is 0.506 e. The predicted molar refractivity (Wildman–Crippen MR) is 98.3 cm³/mol. The minimum atomic E-state index is -0.00200. The van der Waals surface area contributed by atoms with Crippen LogP contribution in [0.3, 0.4) is 0 Å². The molecule has 0 aromatic heterocycles. The first-order valence-electron chi connectivity index (χ1n) is 8.55. The number of carbonyl (C=O) groups is 1. The van der Waals surface area contributed by atoms with Crippen LogP contribution in [-0.4, -0.2) is 48.7 Å². The number of phenolic OH excluding ortho intramolecular Hbond substituents is 1. The average molecular weight is 340 g/mol. The number of amides is 1. The van der Waals surface area contributed by atoms with Gasteiger partial charge in [0.25, 0.3) is 5.91 Å². The number of para-hydroxylation sites is 2. The smallest absolute Gasteiger partial charge is 0.260 e. The molecule has 0 spiro atoms. The van der Waals surface area contributed by atoms with Gasteiger partial charge in [0.1, 0.15) is 11.5 Å². The van der Waals surface area contributed by atoms with Crippen LogP contribution in [0.25, 0.3) is 0 Å². The molecule has 0 unspecified atom stereocenters. The Morgan fingerprint density at radius 1 is 1.08 bits per heavy atom. The fourth-order valence-corrected chi connectivity index (χ4v) is 3.02. The van der Waals surface area contributed by atoms with Crippen molar-refractivity contribution in [1.82, 2.24) is 4.90 Å². The number of aryl methyl sites for hydroxylation is 2. The maximum absolute atomic E-state index is 12.4. The van der Waals surface area contributed by atoms with Crippen LogP contribution in [0, 0.1) is 13.8 Å². The lowest BCUT2D eigenvalue weighted by molar-refractivity contribution is -0.133. The molecule has 2 aromatic rings. The topological polar surface area (TPSA) is 53.0 Å². The van der Waals surface area contributed by atoms with Gasteiger partial charge in [-0.05, 0) is 43.2 Å². The van der Waals surface area contributed by atoms with Gasteiger partial charge in [-0.3, -0.25) is 4.79 Å². The number of ether oxygens (including phenoxy) is 1. The third-order valence-electron chi connectivity index (χ3n) is 4.55. The van der Waals surface area contributed by atoms with Gasteiger partial charge >= 0.3 is 0 Å². The van der Waals surface area contributed by atoms with Gasteiger partial charge < -0.3 is 19.6 Å². The molecule has 0 aliphatic carbocycles. The molecule has 1 fully saturated rings. The second-order valence-corrected chi connectivity index (χ2v) is 6.41. The first kappa shape index (κ1) is 17.1. The summed E-state index contributed by atoms with van der Waals surface area (Å²) in [5, 5.41) is 9.95. The zero-order valence-corrected chi connectivity index (χ0v) is 14.7. The van der Waals surface area contributed by atoms with E-state index in [-0.39, 0.29) is 18.3 Å². The molecule has 0 atom stereocenters. The molecular formula is C20H24N2O3. The Bertz CT molecular complexity index is 752. The second kappa shape index (κ2) is 7.47. The molecule has 132 valence electrons. The number of phenols is 1. The molecule has 1 aliphatic heterocycles. The van der Waals surface area contributed by atoms with Crippen LogP contribution in [0.1, 0.15) is 11.1 Å².